The lowest BCUT2D eigenvalue weighted by Crippen LogP contribution is -2.13. The maximum Gasteiger partial charge on any atom is 0.244 e. The van der Waals surface area contributed by atoms with E-state index in [0.29, 0.717) is 12.0 Å². The van der Waals surface area contributed by atoms with Gasteiger partial charge >= 0.3 is 0 Å². The summed E-state index contributed by atoms with van der Waals surface area (Å²) in [5, 5.41) is 0. The highest BCUT2D eigenvalue weighted by molar-refractivity contribution is 5.92. The minimum atomic E-state index is -0.323. The van der Waals surface area contributed by atoms with Crippen molar-refractivity contribution in [2.45, 2.75) is 39.0 Å². The Bertz CT molecular complexity index is 194. The molecule has 0 heterocycles. The molecule has 0 aliphatic heterocycles. The Morgan fingerprint density at radius 3 is 2.62 bits per heavy atom. The molecule has 0 saturated carbocycles. The highest BCUT2D eigenvalue weighted by atomic mass is 16.1. The molecule has 2 N–H and O–H groups in total. The number of hydrogen-bond acceptors (Lipinski definition) is 1. The van der Waals surface area contributed by atoms with Gasteiger partial charge in [-0.15, -0.1) is 6.58 Å². The van der Waals surface area contributed by atoms with E-state index in [1.54, 1.807) is 6.08 Å². The van der Waals surface area contributed by atoms with Gasteiger partial charge in [0.25, 0.3) is 0 Å². The molecule has 0 fully saturated rings. The van der Waals surface area contributed by atoms with E-state index in [4.69, 9.17) is 5.73 Å². The Kier molecular flexibility index (Phi) is 6.98. The number of nitrogens with two attached hydrogens (primary N) is 1. The van der Waals surface area contributed by atoms with Crippen LogP contribution in [0.3, 0.4) is 0 Å². The van der Waals surface area contributed by atoms with Crippen LogP contribution in [-0.4, -0.2) is 5.91 Å². The monoisotopic (exact) mass is 181 g/mol. The van der Waals surface area contributed by atoms with Crippen LogP contribution >= 0.6 is 0 Å². The zero-order chi connectivity index (χ0) is 10.1. The van der Waals surface area contributed by atoms with Gasteiger partial charge in [-0.05, 0) is 19.3 Å². The minimum absolute atomic E-state index is 0.323. The summed E-state index contributed by atoms with van der Waals surface area (Å²) in [6.45, 7) is 5.73. The largest absolute Gasteiger partial charge is 0.366 e. The fourth-order valence-electron chi connectivity index (χ4n) is 1.11. The predicted octanol–water partition coefficient (Wildman–Crippen LogP) is 2.55. The lowest BCUT2D eigenvalue weighted by molar-refractivity contribution is -0.114. The van der Waals surface area contributed by atoms with Crippen LogP contribution in [0.4, 0.5) is 0 Å². The van der Waals surface area contributed by atoms with E-state index in [9.17, 15) is 4.79 Å². The van der Waals surface area contributed by atoms with Gasteiger partial charge < -0.3 is 5.73 Å². The maximum atomic E-state index is 10.9. The third-order valence-electron chi connectivity index (χ3n) is 1.88. The van der Waals surface area contributed by atoms with E-state index >= 15 is 0 Å². The first kappa shape index (κ1) is 11.9. The Hall–Kier alpha value is -1.05. The number of unbranched alkanes of at least 4 members (excludes halogenated alkanes) is 3. The molecule has 0 bridgehead atoms. The van der Waals surface area contributed by atoms with Crippen LogP contribution in [0.5, 0.6) is 0 Å². The van der Waals surface area contributed by atoms with Crippen molar-refractivity contribution in [1.82, 2.24) is 0 Å². The molecule has 2 heteroatoms. The average molecular weight is 181 g/mol. The highest BCUT2D eigenvalue weighted by Crippen LogP contribution is 2.06. The fourth-order valence-corrected chi connectivity index (χ4v) is 1.11. The third kappa shape index (κ3) is 6.14. The van der Waals surface area contributed by atoms with Crippen molar-refractivity contribution in [2.24, 2.45) is 5.73 Å². The lowest BCUT2D eigenvalue weighted by atomic mass is 10.1. The second-order valence-electron chi connectivity index (χ2n) is 3.08. The van der Waals surface area contributed by atoms with Crippen LogP contribution in [-0.2, 0) is 4.79 Å². The molecule has 0 saturated heterocycles. The fraction of sp³-hybridized carbons (Fsp3) is 0.545. The first-order valence-electron chi connectivity index (χ1n) is 4.82. The molecule has 0 radical (unpaired) electrons. The van der Waals surface area contributed by atoms with Gasteiger partial charge in [-0.25, -0.2) is 0 Å². The van der Waals surface area contributed by atoms with Gasteiger partial charge in [0, 0.05) is 5.57 Å². The van der Waals surface area contributed by atoms with E-state index < -0.39 is 0 Å². The number of amides is 1. The van der Waals surface area contributed by atoms with E-state index in [1.165, 1.54) is 12.8 Å². The summed E-state index contributed by atoms with van der Waals surface area (Å²) in [6, 6.07) is 0. The molecule has 13 heavy (non-hydrogen) atoms. The number of carbonyl (C=O) groups excluding carboxylic acids is 1. The molecule has 0 aromatic heterocycles. The molecule has 0 spiro atoms. The van der Waals surface area contributed by atoms with Gasteiger partial charge in [0.1, 0.15) is 0 Å². The number of carbonyl (C=O) groups is 1. The summed E-state index contributed by atoms with van der Waals surface area (Å²) in [5.74, 6) is -0.323. The molecule has 0 aliphatic carbocycles. The van der Waals surface area contributed by atoms with Crippen molar-refractivity contribution in [3.63, 3.8) is 0 Å². The zero-order valence-electron chi connectivity index (χ0n) is 8.38. The molecule has 1 amide bonds. The summed E-state index contributed by atoms with van der Waals surface area (Å²) in [6.07, 6.45) is 8.69. The zero-order valence-corrected chi connectivity index (χ0v) is 8.38. The first-order valence-corrected chi connectivity index (χ1v) is 4.82. The summed E-state index contributed by atoms with van der Waals surface area (Å²) in [4.78, 5) is 10.9. The van der Waals surface area contributed by atoms with Crippen LogP contribution in [0.25, 0.3) is 0 Å². The Labute approximate surface area is 80.5 Å². The van der Waals surface area contributed by atoms with Crippen molar-refractivity contribution in [2.75, 3.05) is 0 Å². The van der Waals surface area contributed by atoms with Crippen molar-refractivity contribution in [3.8, 4) is 0 Å². The highest BCUT2D eigenvalue weighted by Gasteiger charge is 2.00. The van der Waals surface area contributed by atoms with Crippen LogP contribution in [0.15, 0.2) is 24.3 Å². The minimum Gasteiger partial charge on any atom is -0.366 e. The lowest BCUT2D eigenvalue weighted by Gasteiger charge is -1.99. The first-order chi connectivity index (χ1) is 6.22. The van der Waals surface area contributed by atoms with Crippen molar-refractivity contribution in [1.29, 1.82) is 0 Å². The molecular weight excluding hydrogens is 162 g/mol. The van der Waals surface area contributed by atoms with Gasteiger partial charge in [0.05, 0.1) is 0 Å². The van der Waals surface area contributed by atoms with E-state index in [-0.39, 0.29) is 5.91 Å². The van der Waals surface area contributed by atoms with Crippen LogP contribution < -0.4 is 5.73 Å². The SMILES string of the molecule is C=CC/C(=C\CCCCC)C(N)=O. The normalized spacial score (nSPS) is 11.3. The number of hydrogen-bond donors (Lipinski definition) is 1. The van der Waals surface area contributed by atoms with Gasteiger partial charge in [-0.2, -0.15) is 0 Å². The van der Waals surface area contributed by atoms with Crippen molar-refractivity contribution < 1.29 is 4.79 Å². The molecule has 2 nitrogen and oxygen atoms in total. The Morgan fingerprint density at radius 2 is 2.15 bits per heavy atom. The smallest absolute Gasteiger partial charge is 0.244 e. The molecular formula is C11H19NO. The molecule has 0 aromatic carbocycles. The summed E-state index contributed by atoms with van der Waals surface area (Å²) >= 11 is 0. The van der Waals surface area contributed by atoms with Crippen LogP contribution in [0.2, 0.25) is 0 Å². The van der Waals surface area contributed by atoms with Gasteiger partial charge in [-0.3, -0.25) is 4.79 Å². The topological polar surface area (TPSA) is 43.1 Å². The number of primary amides is 1. The second kappa shape index (κ2) is 7.59. The molecule has 0 unspecified atom stereocenters. The Morgan fingerprint density at radius 1 is 1.46 bits per heavy atom. The number of rotatable bonds is 7. The molecule has 0 rings (SSSR count). The van der Waals surface area contributed by atoms with Crippen molar-refractivity contribution >= 4 is 5.91 Å². The maximum absolute atomic E-state index is 10.9. The van der Waals surface area contributed by atoms with E-state index in [0.717, 1.165) is 12.8 Å². The van der Waals surface area contributed by atoms with Gasteiger partial charge in [0.15, 0.2) is 0 Å². The molecule has 0 aliphatic rings. The summed E-state index contributed by atoms with van der Waals surface area (Å²) in [7, 11) is 0. The van der Waals surface area contributed by atoms with Crippen LogP contribution in [0.1, 0.15) is 39.0 Å². The third-order valence-corrected chi connectivity index (χ3v) is 1.88. The van der Waals surface area contributed by atoms with Crippen molar-refractivity contribution in [3.05, 3.63) is 24.3 Å². The quantitative estimate of drug-likeness (QED) is 0.366. The van der Waals surface area contributed by atoms with E-state index in [1.807, 2.05) is 6.08 Å². The predicted molar refractivity (Wildman–Crippen MR) is 56.2 cm³/mol. The van der Waals surface area contributed by atoms with Gasteiger partial charge in [-0.1, -0.05) is 31.9 Å². The van der Waals surface area contributed by atoms with Gasteiger partial charge in [0.2, 0.25) is 5.91 Å². The Balaban J connectivity index is 3.89. The van der Waals surface area contributed by atoms with Crippen LogP contribution in [0, 0.1) is 0 Å². The number of allylic oxidation sites excluding steroid dienone is 2. The summed E-state index contributed by atoms with van der Waals surface area (Å²) < 4.78 is 0. The molecule has 0 aromatic rings. The second-order valence-corrected chi connectivity index (χ2v) is 3.08. The average Bonchev–Trinajstić information content (AvgIpc) is 2.10. The standard InChI is InChI=1S/C11H19NO/c1-3-5-6-7-9-10(8-4-2)11(12)13/h4,9H,2-3,5-8H2,1H3,(H2,12,13)/b10-9+. The molecule has 0 atom stereocenters. The van der Waals surface area contributed by atoms with E-state index in [2.05, 4.69) is 13.5 Å². The molecule has 74 valence electrons. The summed E-state index contributed by atoms with van der Waals surface area (Å²) in [5.41, 5.74) is 5.87.